The van der Waals surface area contributed by atoms with E-state index in [4.69, 9.17) is 10.5 Å². The first-order chi connectivity index (χ1) is 15.2. The second kappa shape index (κ2) is 11.4. The van der Waals surface area contributed by atoms with Crippen molar-refractivity contribution in [3.05, 3.63) is 71.8 Å². The minimum absolute atomic E-state index is 0.0230. The molecule has 2 aromatic carbocycles. The summed E-state index contributed by atoms with van der Waals surface area (Å²) in [5, 5.41) is 23.1. The topological polar surface area (TPSA) is 139 Å². The summed E-state index contributed by atoms with van der Waals surface area (Å²) in [6.45, 7) is 3.43. The molecule has 8 nitrogen and oxygen atoms in total. The molecule has 0 bridgehead atoms. The van der Waals surface area contributed by atoms with Crippen molar-refractivity contribution in [3.8, 4) is 0 Å². The fourth-order valence-corrected chi connectivity index (χ4v) is 3.29. The quantitative estimate of drug-likeness (QED) is 0.392. The van der Waals surface area contributed by atoms with Crippen molar-refractivity contribution < 1.29 is 29.3 Å². The molecule has 4 atom stereocenters. The molecule has 2 rings (SSSR count). The smallest absolute Gasteiger partial charge is 0.408 e. The third-order valence-electron chi connectivity index (χ3n) is 5.52. The highest BCUT2D eigenvalue weighted by Gasteiger charge is 2.53. The molecule has 0 aliphatic carbocycles. The van der Waals surface area contributed by atoms with Gasteiger partial charge in [0.05, 0.1) is 12.1 Å². The van der Waals surface area contributed by atoms with Crippen LogP contribution in [0.1, 0.15) is 31.4 Å². The van der Waals surface area contributed by atoms with E-state index >= 15 is 0 Å². The van der Waals surface area contributed by atoms with Gasteiger partial charge in [0.25, 0.3) is 0 Å². The predicted octanol–water partition coefficient (Wildman–Crippen LogP) is 2.28. The summed E-state index contributed by atoms with van der Waals surface area (Å²) in [4.78, 5) is 37.6. The second-order valence-electron chi connectivity index (χ2n) is 7.80. The number of rotatable bonds is 11. The van der Waals surface area contributed by atoms with Gasteiger partial charge in [-0.3, -0.25) is 4.79 Å². The fourth-order valence-electron chi connectivity index (χ4n) is 3.29. The van der Waals surface area contributed by atoms with Gasteiger partial charge in [-0.25, -0.2) is 9.59 Å². The average Bonchev–Trinajstić information content (AvgIpc) is 2.80. The number of ketones is 1. The summed E-state index contributed by atoms with van der Waals surface area (Å²) < 4.78 is 5.17. The number of ether oxygens (including phenoxy) is 1. The number of hydrogen-bond donors (Lipinski definition) is 4. The molecule has 0 fully saturated rings. The first kappa shape index (κ1) is 25.0. The molecule has 1 amide bonds. The molecule has 0 saturated carbocycles. The Kier molecular flexibility index (Phi) is 8.92. The summed E-state index contributed by atoms with van der Waals surface area (Å²) in [6.07, 6.45) is -0.489. The Morgan fingerprint density at radius 1 is 1.03 bits per heavy atom. The molecule has 0 aliphatic rings. The molecule has 0 radical (unpaired) electrons. The van der Waals surface area contributed by atoms with Crippen LogP contribution in [0.4, 0.5) is 4.79 Å². The Morgan fingerprint density at radius 3 is 2.06 bits per heavy atom. The molecular weight excluding hydrogens is 412 g/mol. The molecule has 8 heteroatoms. The van der Waals surface area contributed by atoms with E-state index in [-0.39, 0.29) is 13.0 Å². The van der Waals surface area contributed by atoms with Gasteiger partial charge < -0.3 is 26.0 Å². The standard InChI is InChI=1S/C24H30N2O6/c1-3-16(2)20(26-23(30)32-15-18-12-8-5-9-13-18)21(27)24(31,22(28)29)19(25)14-17-10-6-4-7-11-17/h4-13,16,19-20,31H,3,14-15,25H2,1-2H3,(H,26,30)(H,28,29)/t16-,19-,20-,24+/m0/s1. The number of nitrogens with two attached hydrogens (primary N) is 1. The lowest BCUT2D eigenvalue weighted by Gasteiger charge is -2.33. The number of benzene rings is 2. The van der Waals surface area contributed by atoms with E-state index in [2.05, 4.69) is 5.32 Å². The van der Waals surface area contributed by atoms with Gasteiger partial charge in [-0.2, -0.15) is 0 Å². The molecule has 5 N–H and O–H groups in total. The van der Waals surface area contributed by atoms with Crippen molar-refractivity contribution in [2.75, 3.05) is 0 Å². The van der Waals surface area contributed by atoms with Crippen LogP contribution in [0.3, 0.4) is 0 Å². The summed E-state index contributed by atoms with van der Waals surface area (Å²) in [6, 6.07) is 15.0. The number of alkyl carbamates (subject to hydrolysis) is 1. The largest absolute Gasteiger partial charge is 0.479 e. The summed E-state index contributed by atoms with van der Waals surface area (Å²) in [7, 11) is 0. The number of amides is 1. The third-order valence-corrected chi connectivity index (χ3v) is 5.52. The Bertz CT molecular complexity index is 905. The van der Waals surface area contributed by atoms with E-state index < -0.39 is 41.4 Å². The molecule has 0 saturated heterocycles. The fraction of sp³-hybridized carbons (Fsp3) is 0.375. The maximum absolute atomic E-state index is 13.3. The van der Waals surface area contributed by atoms with Crippen LogP contribution in [0.25, 0.3) is 0 Å². The van der Waals surface area contributed by atoms with Gasteiger partial charge in [0.2, 0.25) is 5.60 Å². The predicted molar refractivity (Wildman–Crippen MR) is 119 cm³/mol. The van der Waals surface area contributed by atoms with E-state index in [0.29, 0.717) is 12.0 Å². The van der Waals surface area contributed by atoms with Crippen molar-refractivity contribution in [2.24, 2.45) is 11.7 Å². The Balaban J connectivity index is 2.19. The lowest BCUT2D eigenvalue weighted by atomic mass is 9.79. The van der Waals surface area contributed by atoms with Crippen LogP contribution < -0.4 is 11.1 Å². The number of carbonyl (C=O) groups excluding carboxylic acids is 2. The molecule has 0 heterocycles. The van der Waals surface area contributed by atoms with Gasteiger partial charge >= 0.3 is 12.1 Å². The third kappa shape index (κ3) is 6.15. The van der Waals surface area contributed by atoms with E-state index in [1.54, 1.807) is 68.4 Å². The zero-order valence-corrected chi connectivity index (χ0v) is 18.2. The monoisotopic (exact) mass is 442 g/mol. The number of carbonyl (C=O) groups is 3. The minimum atomic E-state index is -2.89. The van der Waals surface area contributed by atoms with Crippen molar-refractivity contribution >= 4 is 17.8 Å². The van der Waals surface area contributed by atoms with Crippen LogP contribution in [-0.2, 0) is 27.4 Å². The number of aliphatic hydroxyl groups is 1. The number of nitrogens with one attached hydrogen (secondary N) is 1. The van der Waals surface area contributed by atoms with Crippen LogP contribution in [0.2, 0.25) is 0 Å². The molecule has 0 spiro atoms. The van der Waals surface area contributed by atoms with E-state index in [1.807, 2.05) is 6.07 Å². The number of carboxylic acids is 1. The van der Waals surface area contributed by atoms with Crippen LogP contribution in [0, 0.1) is 5.92 Å². The van der Waals surface area contributed by atoms with Crippen LogP contribution in [-0.4, -0.2) is 45.7 Å². The van der Waals surface area contributed by atoms with Crippen LogP contribution in [0.5, 0.6) is 0 Å². The highest BCUT2D eigenvalue weighted by Crippen LogP contribution is 2.22. The molecule has 172 valence electrons. The number of Topliss-reactive ketones (excluding diaryl/α,β-unsaturated/α-hetero) is 1. The normalized spacial score (nSPS) is 15.6. The molecular formula is C24H30N2O6. The van der Waals surface area contributed by atoms with Crippen molar-refractivity contribution in [3.63, 3.8) is 0 Å². The number of hydrogen-bond acceptors (Lipinski definition) is 6. The number of carboxylic acid groups (broad SMARTS) is 1. The van der Waals surface area contributed by atoms with Gasteiger partial charge in [0, 0.05) is 0 Å². The minimum Gasteiger partial charge on any atom is -0.479 e. The van der Waals surface area contributed by atoms with Crippen molar-refractivity contribution in [1.82, 2.24) is 5.32 Å². The first-order valence-corrected chi connectivity index (χ1v) is 10.5. The number of aliphatic carboxylic acids is 1. The van der Waals surface area contributed by atoms with Crippen LogP contribution in [0.15, 0.2) is 60.7 Å². The molecule has 0 aromatic heterocycles. The Labute approximate surface area is 187 Å². The summed E-state index contributed by atoms with van der Waals surface area (Å²) in [5.41, 5.74) is 4.56. The Morgan fingerprint density at radius 2 is 1.56 bits per heavy atom. The van der Waals surface area contributed by atoms with E-state index in [0.717, 1.165) is 5.56 Å². The van der Waals surface area contributed by atoms with Gasteiger partial charge in [0.15, 0.2) is 5.78 Å². The highest BCUT2D eigenvalue weighted by molar-refractivity contribution is 6.10. The second-order valence-corrected chi connectivity index (χ2v) is 7.80. The van der Waals surface area contributed by atoms with E-state index in [1.165, 1.54) is 0 Å². The Hall–Kier alpha value is -3.23. The SMILES string of the molecule is CC[C@H](C)[C@H](NC(=O)OCc1ccccc1)C(=O)[C@@](O)(C(=O)O)[C@@H](N)Cc1ccccc1. The maximum atomic E-state index is 13.3. The van der Waals surface area contributed by atoms with Crippen LogP contribution >= 0.6 is 0 Å². The average molecular weight is 443 g/mol. The molecule has 0 aliphatic heterocycles. The van der Waals surface area contributed by atoms with Gasteiger partial charge in [-0.05, 0) is 23.5 Å². The van der Waals surface area contributed by atoms with Gasteiger partial charge in [-0.15, -0.1) is 0 Å². The lowest BCUT2D eigenvalue weighted by molar-refractivity contribution is -0.169. The molecule has 32 heavy (non-hydrogen) atoms. The first-order valence-electron chi connectivity index (χ1n) is 10.5. The van der Waals surface area contributed by atoms with Crippen molar-refractivity contribution in [1.29, 1.82) is 0 Å². The summed E-state index contributed by atoms with van der Waals surface area (Å²) >= 11 is 0. The lowest BCUT2D eigenvalue weighted by Crippen LogP contribution is -2.66. The zero-order valence-electron chi connectivity index (χ0n) is 18.2. The van der Waals surface area contributed by atoms with Gasteiger partial charge in [0.1, 0.15) is 6.61 Å². The van der Waals surface area contributed by atoms with Crippen molar-refractivity contribution in [2.45, 2.75) is 51.0 Å². The highest BCUT2D eigenvalue weighted by atomic mass is 16.5. The molecule has 2 aromatic rings. The maximum Gasteiger partial charge on any atom is 0.408 e. The molecule has 0 unspecified atom stereocenters. The summed E-state index contributed by atoms with van der Waals surface area (Å²) in [5.74, 6) is -3.32. The van der Waals surface area contributed by atoms with Gasteiger partial charge in [-0.1, -0.05) is 80.9 Å². The zero-order chi connectivity index (χ0) is 23.7. The van der Waals surface area contributed by atoms with E-state index in [9.17, 15) is 24.6 Å².